The van der Waals surface area contributed by atoms with Crippen molar-refractivity contribution in [1.29, 1.82) is 0 Å². The van der Waals surface area contributed by atoms with Crippen LogP contribution in [0, 0.1) is 6.92 Å². The molecular formula is C14H17NO3. The number of benzene rings is 1. The van der Waals surface area contributed by atoms with E-state index in [2.05, 4.69) is 0 Å². The van der Waals surface area contributed by atoms with Gasteiger partial charge in [0, 0.05) is 31.5 Å². The van der Waals surface area contributed by atoms with Gasteiger partial charge in [-0.3, -0.25) is 9.59 Å². The van der Waals surface area contributed by atoms with Gasteiger partial charge in [0.2, 0.25) is 5.91 Å². The first-order valence-corrected chi connectivity index (χ1v) is 6.12. The van der Waals surface area contributed by atoms with Crippen LogP contribution in [0.3, 0.4) is 0 Å². The number of aryl methyl sites for hydroxylation is 1. The van der Waals surface area contributed by atoms with Gasteiger partial charge in [-0.15, -0.1) is 0 Å². The number of β-amino-alcohol motifs (C(OH)–C–C–N with tert-alkyl or cyclic N) is 1. The van der Waals surface area contributed by atoms with Crippen LogP contribution in [-0.2, 0) is 4.79 Å². The second kappa shape index (κ2) is 5.31. The van der Waals surface area contributed by atoms with Crippen molar-refractivity contribution >= 4 is 11.7 Å². The Bertz CT molecular complexity index is 447. The molecule has 96 valence electrons. The van der Waals surface area contributed by atoms with E-state index in [1.165, 1.54) is 0 Å². The van der Waals surface area contributed by atoms with Gasteiger partial charge in [-0.1, -0.05) is 29.8 Å². The Hall–Kier alpha value is -1.68. The maximum Gasteiger partial charge on any atom is 0.223 e. The minimum atomic E-state index is -0.387. The molecule has 1 aliphatic rings. The summed E-state index contributed by atoms with van der Waals surface area (Å²) < 4.78 is 0. The van der Waals surface area contributed by atoms with Crippen molar-refractivity contribution < 1.29 is 14.7 Å². The molecule has 0 atom stereocenters. The summed E-state index contributed by atoms with van der Waals surface area (Å²) >= 11 is 0. The van der Waals surface area contributed by atoms with Gasteiger partial charge in [-0.2, -0.15) is 0 Å². The van der Waals surface area contributed by atoms with Crippen molar-refractivity contribution in [3.05, 3.63) is 35.4 Å². The van der Waals surface area contributed by atoms with Crippen LogP contribution in [0.5, 0.6) is 0 Å². The van der Waals surface area contributed by atoms with Crippen LogP contribution in [0.15, 0.2) is 24.3 Å². The Labute approximate surface area is 106 Å². The van der Waals surface area contributed by atoms with E-state index in [-0.39, 0.29) is 30.6 Å². The predicted molar refractivity (Wildman–Crippen MR) is 67.3 cm³/mol. The number of carbonyl (C=O) groups excluding carboxylic acids is 2. The molecule has 1 saturated heterocycles. The number of aliphatic hydroxyl groups excluding tert-OH is 1. The average Bonchev–Trinajstić information content (AvgIpc) is 2.32. The monoisotopic (exact) mass is 247 g/mol. The number of amides is 1. The topological polar surface area (TPSA) is 57.6 Å². The zero-order valence-electron chi connectivity index (χ0n) is 10.4. The summed E-state index contributed by atoms with van der Waals surface area (Å²) in [5.74, 6) is -0.0646. The first-order valence-electron chi connectivity index (χ1n) is 6.12. The molecule has 2 rings (SSSR count). The molecule has 4 heteroatoms. The third-order valence-electron chi connectivity index (χ3n) is 3.15. The van der Waals surface area contributed by atoms with Crippen LogP contribution in [-0.4, -0.2) is 40.9 Å². The number of rotatable bonds is 4. The van der Waals surface area contributed by atoms with Crippen LogP contribution >= 0.6 is 0 Å². The van der Waals surface area contributed by atoms with Gasteiger partial charge in [0.25, 0.3) is 0 Å². The zero-order chi connectivity index (χ0) is 13.1. The lowest BCUT2D eigenvalue weighted by molar-refractivity contribution is -0.141. The molecule has 18 heavy (non-hydrogen) atoms. The third-order valence-corrected chi connectivity index (χ3v) is 3.15. The summed E-state index contributed by atoms with van der Waals surface area (Å²) in [6.45, 7) is 2.77. The molecule has 0 radical (unpaired) electrons. The van der Waals surface area contributed by atoms with E-state index in [0.29, 0.717) is 18.7 Å². The smallest absolute Gasteiger partial charge is 0.223 e. The van der Waals surface area contributed by atoms with Gasteiger partial charge >= 0.3 is 0 Å². The lowest BCUT2D eigenvalue weighted by atomic mass is 10.0. The molecule has 0 aliphatic carbocycles. The fraction of sp³-hybridized carbons (Fsp3) is 0.429. The van der Waals surface area contributed by atoms with E-state index in [4.69, 9.17) is 5.11 Å². The number of hydrogen-bond acceptors (Lipinski definition) is 3. The number of aliphatic hydroxyl groups is 1. The van der Waals surface area contributed by atoms with Gasteiger partial charge in [0.15, 0.2) is 5.78 Å². The van der Waals surface area contributed by atoms with Crippen LogP contribution in [0.25, 0.3) is 0 Å². The lowest BCUT2D eigenvalue weighted by Gasteiger charge is -2.35. The Kier molecular flexibility index (Phi) is 3.77. The number of ketones is 1. The minimum absolute atomic E-state index is 0.00979. The molecule has 1 aromatic carbocycles. The molecule has 4 nitrogen and oxygen atoms in total. The maximum absolute atomic E-state index is 11.8. The van der Waals surface area contributed by atoms with Crippen molar-refractivity contribution in [3.63, 3.8) is 0 Å². The molecule has 1 aromatic rings. The van der Waals surface area contributed by atoms with E-state index in [9.17, 15) is 9.59 Å². The van der Waals surface area contributed by atoms with Crippen LogP contribution < -0.4 is 0 Å². The molecule has 1 aliphatic heterocycles. The molecule has 1 amide bonds. The summed E-state index contributed by atoms with van der Waals surface area (Å²) in [6, 6.07) is 7.35. The first-order chi connectivity index (χ1) is 8.56. The fourth-order valence-corrected chi connectivity index (χ4v) is 1.92. The molecule has 1 N–H and O–H groups in total. The molecule has 1 fully saturated rings. The number of carbonyl (C=O) groups is 2. The standard InChI is InChI=1S/C14H17NO3/c1-10-2-4-11(5-3-10)13(17)6-7-14(18)15-8-12(16)9-15/h2-5,12,16H,6-9H2,1H3. The highest BCUT2D eigenvalue weighted by Gasteiger charge is 2.28. The van der Waals surface area contributed by atoms with E-state index >= 15 is 0 Å². The zero-order valence-corrected chi connectivity index (χ0v) is 10.4. The fourth-order valence-electron chi connectivity index (χ4n) is 1.92. The molecular weight excluding hydrogens is 230 g/mol. The summed E-state index contributed by atoms with van der Waals surface area (Å²) in [4.78, 5) is 25.0. The normalized spacial score (nSPS) is 15.3. The number of hydrogen-bond donors (Lipinski definition) is 1. The van der Waals surface area contributed by atoms with Crippen molar-refractivity contribution in [2.75, 3.05) is 13.1 Å². The Morgan fingerprint density at radius 3 is 2.39 bits per heavy atom. The van der Waals surface area contributed by atoms with Crippen molar-refractivity contribution in [2.45, 2.75) is 25.9 Å². The van der Waals surface area contributed by atoms with Crippen LogP contribution in [0.2, 0.25) is 0 Å². The van der Waals surface area contributed by atoms with Crippen molar-refractivity contribution in [1.82, 2.24) is 4.90 Å². The first kappa shape index (κ1) is 12.8. The highest BCUT2D eigenvalue weighted by atomic mass is 16.3. The average molecular weight is 247 g/mol. The highest BCUT2D eigenvalue weighted by Crippen LogP contribution is 2.12. The van der Waals surface area contributed by atoms with E-state index in [0.717, 1.165) is 5.56 Å². The lowest BCUT2D eigenvalue weighted by Crippen LogP contribution is -2.53. The molecule has 0 saturated carbocycles. The Morgan fingerprint density at radius 2 is 1.83 bits per heavy atom. The molecule has 0 bridgehead atoms. The van der Waals surface area contributed by atoms with Gasteiger partial charge in [0.1, 0.15) is 0 Å². The Morgan fingerprint density at radius 1 is 1.22 bits per heavy atom. The minimum Gasteiger partial charge on any atom is -0.389 e. The van der Waals surface area contributed by atoms with Gasteiger partial charge in [-0.25, -0.2) is 0 Å². The second-order valence-electron chi connectivity index (χ2n) is 4.74. The molecule has 0 aromatic heterocycles. The quantitative estimate of drug-likeness (QED) is 0.812. The Balaban J connectivity index is 1.81. The van der Waals surface area contributed by atoms with Gasteiger partial charge < -0.3 is 10.0 Å². The number of likely N-dealkylation sites (tertiary alicyclic amines) is 1. The van der Waals surface area contributed by atoms with Gasteiger partial charge in [0.05, 0.1) is 6.10 Å². The SMILES string of the molecule is Cc1ccc(C(=O)CCC(=O)N2CC(O)C2)cc1. The second-order valence-corrected chi connectivity index (χ2v) is 4.74. The number of Topliss-reactive ketones (excluding diaryl/α,β-unsaturated/α-hetero) is 1. The van der Waals surface area contributed by atoms with E-state index < -0.39 is 0 Å². The number of nitrogens with zero attached hydrogens (tertiary/aromatic N) is 1. The highest BCUT2D eigenvalue weighted by molar-refractivity contribution is 5.98. The van der Waals surface area contributed by atoms with Gasteiger partial charge in [-0.05, 0) is 6.92 Å². The summed E-state index contributed by atoms with van der Waals surface area (Å²) in [5, 5.41) is 9.09. The predicted octanol–water partition coefficient (Wildman–Crippen LogP) is 1.16. The van der Waals surface area contributed by atoms with E-state index in [1.54, 1.807) is 17.0 Å². The third kappa shape index (κ3) is 2.96. The van der Waals surface area contributed by atoms with Crippen molar-refractivity contribution in [2.24, 2.45) is 0 Å². The molecule has 0 spiro atoms. The van der Waals surface area contributed by atoms with E-state index in [1.807, 2.05) is 19.1 Å². The van der Waals surface area contributed by atoms with Crippen molar-refractivity contribution in [3.8, 4) is 0 Å². The summed E-state index contributed by atoms with van der Waals surface area (Å²) in [6.07, 6.45) is 0.0650. The molecule has 1 heterocycles. The molecule has 0 unspecified atom stereocenters. The van der Waals surface area contributed by atoms with Crippen LogP contribution in [0.1, 0.15) is 28.8 Å². The summed E-state index contributed by atoms with van der Waals surface area (Å²) in [5.41, 5.74) is 1.76. The van der Waals surface area contributed by atoms with Crippen LogP contribution in [0.4, 0.5) is 0 Å². The largest absolute Gasteiger partial charge is 0.389 e. The summed E-state index contributed by atoms with van der Waals surface area (Å²) in [7, 11) is 0. The maximum atomic E-state index is 11.8.